The molecule has 0 radical (unpaired) electrons. The Morgan fingerprint density at radius 2 is 2.56 bits per heavy atom. The summed E-state index contributed by atoms with van der Waals surface area (Å²) in [5, 5.41) is 8.11. The van der Waals surface area contributed by atoms with E-state index in [9.17, 15) is 4.79 Å². The SMILES string of the molecule is O=C(O)OC1=CCCC1. The van der Waals surface area contributed by atoms with Crippen LogP contribution in [0.3, 0.4) is 0 Å². The molecule has 0 heterocycles. The summed E-state index contributed by atoms with van der Waals surface area (Å²) in [6.07, 6.45) is 3.34. The molecule has 0 unspecified atom stereocenters. The zero-order chi connectivity index (χ0) is 6.69. The summed E-state index contributed by atoms with van der Waals surface area (Å²) in [5.74, 6) is 0.600. The normalized spacial score (nSPS) is 17.1. The number of hydrogen-bond acceptors (Lipinski definition) is 2. The summed E-state index contributed by atoms with van der Waals surface area (Å²) >= 11 is 0. The average Bonchev–Trinajstić information content (AvgIpc) is 2.15. The third kappa shape index (κ3) is 1.76. The molecule has 0 saturated heterocycles. The van der Waals surface area contributed by atoms with Crippen molar-refractivity contribution in [3.05, 3.63) is 11.8 Å². The van der Waals surface area contributed by atoms with Crippen molar-refractivity contribution in [2.75, 3.05) is 0 Å². The molecule has 1 rings (SSSR count). The molecule has 3 heteroatoms. The summed E-state index contributed by atoms with van der Waals surface area (Å²) in [6, 6.07) is 0. The van der Waals surface area contributed by atoms with Gasteiger partial charge in [-0.2, -0.15) is 0 Å². The van der Waals surface area contributed by atoms with Gasteiger partial charge in [0.05, 0.1) is 0 Å². The van der Waals surface area contributed by atoms with E-state index in [1.54, 1.807) is 0 Å². The van der Waals surface area contributed by atoms with E-state index >= 15 is 0 Å². The summed E-state index contributed by atoms with van der Waals surface area (Å²) in [5.41, 5.74) is 0. The van der Waals surface area contributed by atoms with Crippen molar-refractivity contribution in [2.24, 2.45) is 0 Å². The van der Waals surface area contributed by atoms with Crippen molar-refractivity contribution in [3.63, 3.8) is 0 Å². The fourth-order valence-corrected chi connectivity index (χ4v) is 0.846. The highest BCUT2D eigenvalue weighted by atomic mass is 16.7. The van der Waals surface area contributed by atoms with Crippen molar-refractivity contribution in [1.29, 1.82) is 0 Å². The van der Waals surface area contributed by atoms with Crippen LogP contribution in [0.15, 0.2) is 11.8 Å². The van der Waals surface area contributed by atoms with Gasteiger partial charge in [0, 0.05) is 6.42 Å². The molecule has 0 aromatic rings. The Bertz CT molecular complexity index is 148. The van der Waals surface area contributed by atoms with Crippen LogP contribution in [0.1, 0.15) is 19.3 Å². The molecule has 1 aliphatic carbocycles. The first-order chi connectivity index (χ1) is 4.29. The van der Waals surface area contributed by atoms with Crippen LogP contribution in [0.2, 0.25) is 0 Å². The van der Waals surface area contributed by atoms with Gasteiger partial charge in [-0.3, -0.25) is 0 Å². The zero-order valence-electron chi connectivity index (χ0n) is 4.96. The van der Waals surface area contributed by atoms with E-state index < -0.39 is 6.16 Å². The molecule has 0 bridgehead atoms. The van der Waals surface area contributed by atoms with Gasteiger partial charge in [-0.15, -0.1) is 0 Å². The van der Waals surface area contributed by atoms with Crippen molar-refractivity contribution in [3.8, 4) is 0 Å². The molecule has 0 saturated carbocycles. The largest absolute Gasteiger partial charge is 0.511 e. The van der Waals surface area contributed by atoms with Gasteiger partial charge in [-0.1, -0.05) is 0 Å². The van der Waals surface area contributed by atoms with Gasteiger partial charge in [0.1, 0.15) is 5.76 Å². The lowest BCUT2D eigenvalue weighted by Gasteiger charge is -1.96. The van der Waals surface area contributed by atoms with E-state index in [1.165, 1.54) is 0 Å². The van der Waals surface area contributed by atoms with Gasteiger partial charge >= 0.3 is 6.16 Å². The summed E-state index contributed by atoms with van der Waals surface area (Å²) in [4.78, 5) is 9.89. The number of carbonyl (C=O) groups is 1. The smallest absolute Gasteiger partial charge is 0.449 e. The van der Waals surface area contributed by atoms with Crippen molar-refractivity contribution in [1.82, 2.24) is 0 Å². The highest BCUT2D eigenvalue weighted by molar-refractivity contribution is 5.58. The minimum absolute atomic E-state index is 0.600. The fourth-order valence-electron chi connectivity index (χ4n) is 0.846. The van der Waals surface area contributed by atoms with Crippen LogP contribution >= 0.6 is 0 Å². The maximum Gasteiger partial charge on any atom is 0.511 e. The maximum absolute atomic E-state index is 9.89. The molecule has 0 aromatic heterocycles. The number of rotatable bonds is 1. The first-order valence-electron chi connectivity index (χ1n) is 2.89. The molecule has 1 aliphatic rings. The van der Waals surface area contributed by atoms with Gasteiger partial charge < -0.3 is 9.84 Å². The lowest BCUT2D eigenvalue weighted by molar-refractivity contribution is 0.117. The predicted molar refractivity (Wildman–Crippen MR) is 31.0 cm³/mol. The molecule has 0 amide bonds. The third-order valence-electron chi connectivity index (χ3n) is 1.22. The van der Waals surface area contributed by atoms with Crippen molar-refractivity contribution >= 4 is 6.16 Å². The predicted octanol–water partition coefficient (Wildman–Crippen LogP) is 1.75. The minimum atomic E-state index is -1.21. The van der Waals surface area contributed by atoms with Gasteiger partial charge in [-0.25, -0.2) is 4.79 Å². The topological polar surface area (TPSA) is 46.5 Å². The van der Waals surface area contributed by atoms with Crippen LogP contribution in [0.4, 0.5) is 4.79 Å². The highest BCUT2D eigenvalue weighted by Crippen LogP contribution is 2.17. The molecular formula is C6H8O3. The Balaban J connectivity index is 2.35. The number of ether oxygens (including phenoxy) is 1. The lowest BCUT2D eigenvalue weighted by Crippen LogP contribution is -1.97. The Kier molecular flexibility index (Phi) is 1.72. The molecule has 0 atom stereocenters. The summed E-state index contributed by atoms with van der Waals surface area (Å²) in [6.45, 7) is 0. The molecule has 0 aliphatic heterocycles. The zero-order valence-corrected chi connectivity index (χ0v) is 4.96. The second-order valence-electron chi connectivity index (χ2n) is 1.93. The average molecular weight is 128 g/mol. The van der Waals surface area contributed by atoms with E-state index in [1.807, 2.05) is 6.08 Å². The molecule has 0 fully saturated rings. The van der Waals surface area contributed by atoms with Gasteiger partial charge in [0.2, 0.25) is 0 Å². The van der Waals surface area contributed by atoms with Crippen LogP contribution in [-0.2, 0) is 4.74 Å². The van der Waals surface area contributed by atoms with E-state index in [0.29, 0.717) is 5.76 Å². The van der Waals surface area contributed by atoms with Crippen molar-refractivity contribution < 1.29 is 14.6 Å². The standard InChI is InChI=1S/C6H8O3/c7-6(8)9-5-3-1-2-4-5/h3H,1-2,4H2,(H,7,8). The van der Waals surface area contributed by atoms with Crippen molar-refractivity contribution in [2.45, 2.75) is 19.3 Å². The fraction of sp³-hybridized carbons (Fsp3) is 0.500. The Labute approximate surface area is 52.9 Å². The van der Waals surface area contributed by atoms with Crippen LogP contribution in [0.25, 0.3) is 0 Å². The Morgan fingerprint density at radius 3 is 3.00 bits per heavy atom. The van der Waals surface area contributed by atoms with Crippen LogP contribution in [0, 0.1) is 0 Å². The van der Waals surface area contributed by atoms with E-state index in [2.05, 4.69) is 4.74 Å². The first-order valence-corrected chi connectivity index (χ1v) is 2.89. The third-order valence-corrected chi connectivity index (χ3v) is 1.22. The first kappa shape index (κ1) is 6.13. The van der Waals surface area contributed by atoms with Gasteiger partial charge in [0.15, 0.2) is 0 Å². The van der Waals surface area contributed by atoms with Crippen LogP contribution in [0.5, 0.6) is 0 Å². The van der Waals surface area contributed by atoms with E-state index in [0.717, 1.165) is 19.3 Å². The number of allylic oxidation sites excluding steroid dienone is 2. The van der Waals surface area contributed by atoms with Crippen LogP contribution < -0.4 is 0 Å². The second-order valence-corrected chi connectivity index (χ2v) is 1.93. The monoisotopic (exact) mass is 128 g/mol. The van der Waals surface area contributed by atoms with Crippen LogP contribution in [-0.4, -0.2) is 11.3 Å². The number of hydrogen-bond donors (Lipinski definition) is 1. The van der Waals surface area contributed by atoms with E-state index in [-0.39, 0.29) is 0 Å². The quantitative estimate of drug-likeness (QED) is 0.547. The Morgan fingerprint density at radius 1 is 1.78 bits per heavy atom. The second kappa shape index (κ2) is 2.53. The van der Waals surface area contributed by atoms with E-state index in [4.69, 9.17) is 5.11 Å². The molecule has 3 nitrogen and oxygen atoms in total. The minimum Gasteiger partial charge on any atom is -0.449 e. The highest BCUT2D eigenvalue weighted by Gasteiger charge is 2.08. The molecule has 50 valence electrons. The number of carboxylic acid groups (broad SMARTS) is 1. The Hall–Kier alpha value is -0.990. The molecule has 9 heavy (non-hydrogen) atoms. The summed E-state index contributed by atoms with van der Waals surface area (Å²) < 4.78 is 4.39. The molecule has 0 spiro atoms. The van der Waals surface area contributed by atoms with Gasteiger partial charge in [0.25, 0.3) is 0 Å². The molecule has 1 N–H and O–H groups in total. The lowest BCUT2D eigenvalue weighted by atomic mass is 10.4. The summed E-state index contributed by atoms with van der Waals surface area (Å²) in [7, 11) is 0. The molecule has 0 aromatic carbocycles. The van der Waals surface area contributed by atoms with Gasteiger partial charge in [-0.05, 0) is 18.9 Å². The maximum atomic E-state index is 9.89. The molecular weight excluding hydrogens is 120 g/mol.